The molecule has 0 aliphatic carbocycles. The van der Waals surface area contributed by atoms with Crippen molar-refractivity contribution >= 4 is 0 Å². The van der Waals surface area contributed by atoms with Crippen LogP contribution in [-0.2, 0) is 12.1 Å². The number of benzene rings is 1. The molecular weight excluding hydrogens is 239 g/mol. The molecule has 2 rings (SSSR count). The van der Waals surface area contributed by atoms with Crippen LogP contribution in [0.4, 0.5) is 13.2 Å². The van der Waals surface area contributed by atoms with Crippen LogP contribution in [0, 0.1) is 0 Å². The average Bonchev–Trinajstić information content (AvgIpc) is 2.91. The number of aromatic nitrogens is 1. The Morgan fingerprint density at radius 1 is 1.06 bits per heavy atom. The number of aromatic amines is 1. The lowest BCUT2D eigenvalue weighted by atomic mass is 9.94. The third-order valence-corrected chi connectivity index (χ3v) is 3.01. The van der Waals surface area contributed by atoms with Gasteiger partial charge >= 0.3 is 0 Å². The molecule has 96 valence electrons. The summed E-state index contributed by atoms with van der Waals surface area (Å²) in [5.74, 6) is 0. The summed E-state index contributed by atoms with van der Waals surface area (Å²) >= 11 is 0. The zero-order valence-corrected chi connectivity index (χ0v) is 9.74. The Morgan fingerprint density at radius 2 is 1.78 bits per heavy atom. The minimum atomic E-state index is -3.04. The van der Waals surface area contributed by atoms with E-state index in [-0.39, 0.29) is 18.5 Å². The summed E-state index contributed by atoms with van der Waals surface area (Å²) in [5, 5.41) is 0. The Kier molecular flexibility index (Phi) is 3.75. The highest BCUT2D eigenvalue weighted by Crippen LogP contribution is 2.36. The number of rotatable bonds is 5. The molecule has 1 aromatic heterocycles. The van der Waals surface area contributed by atoms with Crippen molar-refractivity contribution in [3.8, 4) is 0 Å². The van der Waals surface area contributed by atoms with E-state index in [4.69, 9.17) is 0 Å². The first-order valence-electron chi connectivity index (χ1n) is 5.78. The molecule has 0 saturated heterocycles. The second-order valence-electron chi connectivity index (χ2n) is 4.23. The highest BCUT2D eigenvalue weighted by molar-refractivity contribution is 5.19. The topological polar surface area (TPSA) is 15.8 Å². The van der Waals surface area contributed by atoms with Crippen LogP contribution in [-0.4, -0.2) is 11.4 Å². The van der Waals surface area contributed by atoms with Crippen LogP contribution in [0.1, 0.15) is 17.7 Å². The minimum absolute atomic E-state index is 0.0616. The van der Waals surface area contributed by atoms with Crippen molar-refractivity contribution in [3.05, 3.63) is 59.9 Å². The molecule has 18 heavy (non-hydrogen) atoms. The molecule has 4 heteroatoms. The molecule has 0 spiro atoms. The predicted molar refractivity (Wildman–Crippen MR) is 64.3 cm³/mol. The SMILES string of the molecule is FC(F)C(F)(CCc1ccccc1)c1ccc[nH]1. The largest absolute Gasteiger partial charge is 0.362 e. The van der Waals surface area contributed by atoms with Gasteiger partial charge in [-0.15, -0.1) is 0 Å². The fourth-order valence-corrected chi connectivity index (χ4v) is 1.92. The quantitative estimate of drug-likeness (QED) is 0.826. The number of hydrogen-bond acceptors (Lipinski definition) is 0. The van der Waals surface area contributed by atoms with Crippen LogP contribution >= 0.6 is 0 Å². The van der Waals surface area contributed by atoms with Gasteiger partial charge in [0.1, 0.15) is 0 Å². The summed E-state index contributed by atoms with van der Waals surface area (Å²) in [6.07, 6.45) is -1.55. The minimum Gasteiger partial charge on any atom is -0.362 e. The Balaban J connectivity index is 2.13. The van der Waals surface area contributed by atoms with Gasteiger partial charge in [-0.3, -0.25) is 0 Å². The molecule has 0 bridgehead atoms. The van der Waals surface area contributed by atoms with Crippen molar-refractivity contribution < 1.29 is 13.2 Å². The van der Waals surface area contributed by atoms with Gasteiger partial charge in [0, 0.05) is 6.20 Å². The molecule has 1 aromatic carbocycles. The van der Waals surface area contributed by atoms with Gasteiger partial charge in [0.15, 0.2) is 0 Å². The fourth-order valence-electron chi connectivity index (χ4n) is 1.92. The van der Waals surface area contributed by atoms with Crippen LogP contribution in [0.15, 0.2) is 48.7 Å². The van der Waals surface area contributed by atoms with E-state index in [9.17, 15) is 13.2 Å². The van der Waals surface area contributed by atoms with E-state index in [0.29, 0.717) is 0 Å². The molecule has 1 atom stereocenters. The average molecular weight is 253 g/mol. The Bertz CT molecular complexity index is 467. The second-order valence-corrected chi connectivity index (χ2v) is 4.23. The highest BCUT2D eigenvalue weighted by Gasteiger charge is 2.42. The highest BCUT2D eigenvalue weighted by atomic mass is 19.3. The van der Waals surface area contributed by atoms with Gasteiger partial charge in [-0.05, 0) is 30.5 Å². The standard InChI is InChI=1S/C14H14F3N/c15-13(16)14(17,12-7-4-10-18-12)9-8-11-5-2-1-3-6-11/h1-7,10,13,18H,8-9H2. The smallest absolute Gasteiger partial charge is 0.277 e. The molecular formula is C14H14F3N. The number of hydrogen-bond donors (Lipinski definition) is 1. The van der Waals surface area contributed by atoms with Gasteiger partial charge in [0.25, 0.3) is 6.43 Å². The maximum atomic E-state index is 14.4. The molecule has 0 saturated carbocycles. The first kappa shape index (κ1) is 12.7. The molecule has 0 fully saturated rings. The van der Waals surface area contributed by atoms with Crippen LogP contribution in [0.3, 0.4) is 0 Å². The zero-order valence-electron chi connectivity index (χ0n) is 9.74. The van der Waals surface area contributed by atoms with Crippen molar-refractivity contribution in [1.29, 1.82) is 0 Å². The Morgan fingerprint density at radius 3 is 2.33 bits per heavy atom. The van der Waals surface area contributed by atoms with Crippen molar-refractivity contribution in [2.24, 2.45) is 0 Å². The molecule has 0 amide bonds. The zero-order chi connectivity index (χ0) is 13.0. The molecule has 0 aliphatic heterocycles. The molecule has 1 N–H and O–H groups in total. The molecule has 0 aliphatic rings. The third kappa shape index (κ3) is 2.58. The molecule has 1 heterocycles. The van der Waals surface area contributed by atoms with Gasteiger partial charge in [-0.2, -0.15) is 0 Å². The van der Waals surface area contributed by atoms with E-state index >= 15 is 0 Å². The maximum Gasteiger partial charge on any atom is 0.277 e. The summed E-state index contributed by atoms with van der Waals surface area (Å²) in [5.41, 5.74) is -1.82. The summed E-state index contributed by atoms with van der Waals surface area (Å²) < 4.78 is 40.3. The van der Waals surface area contributed by atoms with Gasteiger partial charge < -0.3 is 4.98 Å². The number of H-pyrrole nitrogens is 1. The van der Waals surface area contributed by atoms with E-state index < -0.39 is 12.1 Å². The van der Waals surface area contributed by atoms with E-state index in [2.05, 4.69) is 4.98 Å². The van der Waals surface area contributed by atoms with Crippen molar-refractivity contribution in [2.45, 2.75) is 24.9 Å². The predicted octanol–water partition coefficient (Wildman–Crippen LogP) is 4.08. The van der Waals surface area contributed by atoms with Crippen LogP contribution in [0.25, 0.3) is 0 Å². The van der Waals surface area contributed by atoms with E-state index in [0.717, 1.165) is 5.56 Å². The third-order valence-electron chi connectivity index (χ3n) is 3.01. The second kappa shape index (κ2) is 5.29. The number of halogens is 3. The van der Waals surface area contributed by atoms with Crippen molar-refractivity contribution in [2.75, 3.05) is 0 Å². The normalized spacial score (nSPS) is 14.7. The molecule has 1 unspecified atom stereocenters. The fraction of sp³-hybridized carbons (Fsp3) is 0.286. The Hall–Kier alpha value is -1.71. The summed E-state index contributed by atoms with van der Waals surface area (Å²) in [4.78, 5) is 2.54. The van der Waals surface area contributed by atoms with Crippen LogP contribution < -0.4 is 0 Å². The number of aryl methyl sites for hydroxylation is 1. The number of alkyl halides is 3. The first-order chi connectivity index (χ1) is 8.63. The van der Waals surface area contributed by atoms with Gasteiger partial charge in [0.05, 0.1) is 5.69 Å². The van der Waals surface area contributed by atoms with Crippen molar-refractivity contribution in [3.63, 3.8) is 0 Å². The molecule has 0 radical (unpaired) electrons. The van der Waals surface area contributed by atoms with Gasteiger partial charge in [0.2, 0.25) is 5.67 Å². The molecule has 2 aromatic rings. The summed E-state index contributed by atoms with van der Waals surface area (Å²) in [6, 6.07) is 12.0. The van der Waals surface area contributed by atoms with Gasteiger partial charge in [-0.25, -0.2) is 13.2 Å². The summed E-state index contributed by atoms with van der Waals surface area (Å²) in [7, 11) is 0. The lowest BCUT2D eigenvalue weighted by Crippen LogP contribution is -2.30. The van der Waals surface area contributed by atoms with Gasteiger partial charge in [-0.1, -0.05) is 30.3 Å². The monoisotopic (exact) mass is 253 g/mol. The maximum absolute atomic E-state index is 14.4. The first-order valence-corrected chi connectivity index (χ1v) is 5.78. The lowest BCUT2D eigenvalue weighted by molar-refractivity contribution is -0.0471. The summed E-state index contributed by atoms with van der Waals surface area (Å²) in [6.45, 7) is 0. The van der Waals surface area contributed by atoms with Crippen molar-refractivity contribution in [1.82, 2.24) is 4.98 Å². The van der Waals surface area contributed by atoms with E-state index in [1.54, 1.807) is 12.1 Å². The van der Waals surface area contributed by atoms with Crippen LogP contribution in [0.2, 0.25) is 0 Å². The van der Waals surface area contributed by atoms with E-state index in [1.165, 1.54) is 18.3 Å². The number of nitrogens with one attached hydrogen (secondary N) is 1. The van der Waals surface area contributed by atoms with E-state index in [1.807, 2.05) is 18.2 Å². The lowest BCUT2D eigenvalue weighted by Gasteiger charge is -2.23. The van der Waals surface area contributed by atoms with Crippen LogP contribution in [0.5, 0.6) is 0 Å². The Labute approximate surface area is 104 Å². The molecule has 1 nitrogen and oxygen atoms in total.